The van der Waals surface area contributed by atoms with Gasteiger partial charge in [-0.3, -0.25) is 0 Å². The molecule has 3 heteroatoms. The molecule has 0 aromatic heterocycles. The van der Waals surface area contributed by atoms with Crippen molar-refractivity contribution in [1.29, 1.82) is 0 Å². The van der Waals surface area contributed by atoms with Crippen molar-refractivity contribution in [2.75, 3.05) is 13.7 Å². The number of hydrogen-bond acceptors (Lipinski definition) is 3. The molecule has 0 aliphatic heterocycles. The molecule has 1 atom stereocenters. The van der Waals surface area contributed by atoms with E-state index in [2.05, 4.69) is 6.07 Å². The SMILES string of the molecule is CCOC1(C(N)c2cccc(OC)c2)CCCC1. The van der Waals surface area contributed by atoms with Crippen molar-refractivity contribution in [3.8, 4) is 5.75 Å². The molecule has 0 heterocycles. The zero-order valence-electron chi connectivity index (χ0n) is 11.3. The first kappa shape index (κ1) is 13.4. The van der Waals surface area contributed by atoms with Crippen LogP contribution in [0, 0.1) is 0 Å². The maximum absolute atomic E-state index is 6.46. The topological polar surface area (TPSA) is 44.5 Å². The number of methoxy groups -OCH3 is 1. The van der Waals surface area contributed by atoms with E-state index in [1.165, 1.54) is 12.8 Å². The van der Waals surface area contributed by atoms with E-state index in [1.54, 1.807) is 7.11 Å². The largest absolute Gasteiger partial charge is 0.497 e. The second-order valence-corrected chi connectivity index (χ2v) is 4.96. The van der Waals surface area contributed by atoms with Crippen LogP contribution in [0.4, 0.5) is 0 Å². The molecule has 1 aromatic rings. The summed E-state index contributed by atoms with van der Waals surface area (Å²) in [6.45, 7) is 2.76. The standard InChI is InChI=1S/C15H23NO2/c1-3-18-15(9-4-5-10-15)14(16)12-7-6-8-13(11-12)17-2/h6-8,11,14H,3-5,9-10,16H2,1-2H3. The van der Waals surface area contributed by atoms with Crippen molar-refractivity contribution in [2.45, 2.75) is 44.2 Å². The lowest BCUT2D eigenvalue weighted by molar-refractivity contribution is -0.0536. The summed E-state index contributed by atoms with van der Waals surface area (Å²) in [5.74, 6) is 0.854. The van der Waals surface area contributed by atoms with Gasteiger partial charge in [-0.1, -0.05) is 25.0 Å². The van der Waals surface area contributed by atoms with Crippen molar-refractivity contribution in [3.05, 3.63) is 29.8 Å². The zero-order chi connectivity index (χ0) is 13.0. The van der Waals surface area contributed by atoms with Gasteiger partial charge in [0.1, 0.15) is 5.75 Å². The summed E-state index contributed by atoms with van der Waals surface area (Å²) in [6, 6.07) is 7.94. The van der Waals surface area contributed by atoms with Crippen LogP contribution in [-0.4, -0.2) is 19.3 Å². The lowest BCUT2D eigenvalue weighted by atomic mass is 9.87. The van der Waals surface area contributed by atoms with Crippen LogP contribution < -0.4 is 10.5 Å². The van der Waals surface area contributed by atoms with Crippen molar-refractivity contribution in [2.24, 2.45) is 5.73 Å². The van der Waals surface area contributed by atoms with E-state index in [9.17, 15) is 0 Å². The van der Waals surface area contributed by atoms with Gasteiger partial charge in [0.2, 0.25) is 0 Å². The van der Waals surface area contributed by atoms with Crippen molar-refractivity contribution in [1.82, 2.24) is 0 Å². The normalized spacial score (nSPS) is 19.7. The maximum atomic E-state index is 6.46. The molecule has 100 valence electrons. The number of rotatable bonds is 5. The maximum Gasteiger partial charge on any atom is 0.119 e. The van der Waals surface area contributed by atoms with E-state index in [1.807, 2.05) is 25.1 Å². The Balaban J connectivity index is 2.24. The van der Waals surface area contributed by atoms with Gasteiger partial charge in [-0.15, -0.1) is 0 Å². The van der Waals surface area contributed by atoms with Gasteiger partial charge < -0.3 is 15.2 Å². The molecule has 2 N–H and O–H groups in total. The van der Waals surface area contributed by atoms with Crippen LogP contribution in [0.3, 0.4) is 0 Å². The molecule has 0 saturated heterocycles. The molecule has 0 radical (unpaired) electrons. The molecule has 1 fully saturated rings. The third-order valence-electron chi connectivity index (χ3n) is 3.90. The molecule has 0 bridgehead atoms. The Labute approximate surface area is 109 Å². The van der Waals surface area contributed by atoms with Crippen LogP contribution in [0.1, 0.15) is 44.2 Å². The molecule has 1 unspecified atom stereocenters. The minimum absolute atomic E-state index is 0.0740. The molecule has 0 spiro atoms. The van der Waals surface area contributed by atoms with Crippen molar-refractivity contribution >= 4 is 0 Å². The lowest BCUT2D eigenvalue weighted by Gasteiger charge is -2.35. The van der Waals surface area contributed by atoms with Crippen molar-refractivity contribution in [3.63, 3.8) is 0 Å². The summed E-state index contributed by atoms with van der Waals surface area (Å²) in [4.78, 5) is 0. The Morgan fingerprint density at radius 3 is 2.67 bits per heavy atom. The number of hydrogen-bond donors (Lipinski definition) is 1. The molecule has 2 rings (SSSR count). The summed E-state index contributed by atoms with van der Waals surface area (Å²) >= 11 is 0. The number of nitrogens with two attached hydrogens (primary N) is 1. The fourth-order valence-electron chi connectivity index (χ4n) is 2.94. The fourth-order valence-corrected chi connectivity index (χ4v) is 2.94. The minimum Gasteiger partial charge on any atom is -0.497 e. The van der Waals surface area contributed by atoms with Crippen LogP contribution in [0.15, 0.2) is 24.3 Å². The molecule has 1 aliphatic carbocycles. The Kier molecular flexibility index (Phi) is 4.25. The first-order chi connectivity index (χ1) is 8.72. The Morgan fingerprint density at radius 1 is 1.33 bits per heavy atom. The first-order valence-corrected chi connectivity index (χ1v) is 6.75. The molecule has 3 nitrogen and oxygen atoms in total. The smallest absolute Gasteiger partial charge is 0.119 e. The van der Waals surface area contributed by atoms with Gasteiger partial charge >= 0.3 is 0 Å². The summed E-state index contributed by atoms with van der Waals surface area (Å²) in [5.41, 5.74) is 7.39. The highest BCUT2D eigenvalue weighted by Gasteiger charge is 2.41. The van der Waals surface area contributed by atoms with E-state index in [-0.39, 0.29) is 11.6 Å². The molecule has 1 aromatic carbocycles. The second kappa shape index (κ2) is 5.72. The average molecular weight is 249 g/mol. The average Bonchev–Trinajstić information content (AvgIpc) is 2.88. The van der Waals surface area contributed by atoms with Gasteiger partial charge in [0.05, 0.1) is 18.8 Å². The van der Waals surface area contributed by atoms with Crippen LogP contribution in [0.25, 0.3) is 0 Å². The molecule has 18 heavy (non-hydrogen) atoms. The molecule has 1 aliphatic rings. The van der Waals surface area contributed by atoms with Crippen LogP contribution in [0.5, 0.6) is 5.75 Å². The predicted octanol–water partition coefficient (Wildman–Crippen LogP) is 3.04. The molecular weight excluding hydrogens is 226 g/mol. The third-order valence-corrected chi connectivity index (χ3v) is 3.90. The molecular formula is C15H23NO2. The Bertz CT molecular complexity index is 386. The first-order valence-electron chi connectivity index (χ1n) is 6.75. The van der Waals surface area contributed by atoms with Gasteiger partial charge in [0.25, 0.3) is 0 Å². The van der Waals surface area contributed by atoms with Crippen LogP contribution in [0.2, 0.25) is 0 Å². The summed E-state index contributed by atoms with van der Waals surface area (Å²) in [7, 11) is 1.68. The zero-order valence-corrected chi connectivity index (χ0v) is 11.3. The summed E-state index contributed by atoms with van der Waals surface area (Å²) in [5, 5.41) is 0. The van der Waals surface area contributed by atoms with Gasteiger partial charge in [-0.25, -0.2) is 0 Å². The van der Waals surface area contributed by atoms with Gasteiger partial charge in [-0.2, -0.15) is 0 Å². The number of ether oxygens (including phenoxy) is 2. The second-order valence-electron chi connectivity index (χ2n) is 4.96. The quantitative estimate of drug-likeness (QED) is 0.872. The monoisotopic (exact) mass is 249 g/mol. The lowest BCUT2D eigenvalue weighted by Crippen LogP contribution is -2.41. The highest BCUT2D eigenvalue weighted by molar-refractivity contribution is 5.32. The van der Waals surface area contributed by atoms with Crippen LogP contribution >= 0.6 is 0 Å². The van der Waals surface area contributed by atoms with Crippen LogP contribution in [-0.2, 0) is 4.74 Å². The highest BCUT2D eigenvalue weighted by Crippen LogP contribution is 2.42. The number of benzene rings is 1. The summed E-state index contributed by atoms with van der Waals surface area (Å²) in [6.07, 6.45) is 4.52. The van der Waals surface area contributed by atoms with E-state index in [0.717, 1.165) is 30.8 Å². The third kappa shape index (κ3) is 2.52. The Hall–Kier alpha value is -1.06. The fraction of sp³-hybridized carbons (Fsp3) is 0.600. The summed E-state index contributed by atoms with van der Waals surface area (Å²) < 4.78 is 11.3. The van der Waals surface area contributed by atoms with Gasteiger partial charge in [0.15, 0.2) is 0 Å². The van der Waals surface area contributed by atoms with E-state index >= 15 is 0 Å². The molecule has 0 amide bonds. The highest BCUT2D eigenvalue weighted by atomic mass is 16.5. The minimum atomic E-state index is -0.179. The predicted molar refractivity (Wildman–Crippen MR) is 72.7 cm³/mol. The van der Waals surface area contributed by atoms with E-state index in [4.69, 9.17) is 15.2 Å². The van der Waals surface area contributed by atoms with E-state index in [0.29, 0.717) is 0 Å². The van der Waals surface area contributed by atoms with E-state index < -0.39 is 0 Å². The van der Waals surface area contributed by atoms with Gasteiger partial charge in [0, 0.05) is 6.61 Å². The van der Waals surface area contributed by atoms with Crippen molar-refractivity contribution < 1.29 is 9.47 Å². The Morgan fingerprint density at radius 2 is 2.06 bits per heavy atom. The van der Waals surface area contributed by atoms with Gasteiger partial charge in [-0.05, 0) is 37.5 Å². The molecule has 1 saturated carbocycles.